The molecule has 1 aromatic heterocycles. The number of rotatable bonds is 5. The molecule has 2 rings (SSSR count). The minimum Gasteiger partial charge on any atom is -0.472 e. The molecule has 6 nitrogen and oxygen atoms in total. The van der Waals surface area contributed by atoms with Gasteiger partial charge in [-0.25, -0.2) is 0 Å². The van der Waals surface area contributed by atoms with Crippen molar-refractivity contribution in [2.45, 2.75) is 6.54 Å². The topological polar surface area (TPSA) is 76.6 Å². The molecule has 2 aromatic rings. The summed E-state index contributed by atoms with van der Waals surface area (Å²) < 4.78 is 4.96. The number of hydrogen-bond donors (Lipinski definition) is 0. The van der Waals surface area contributed by atoms with Crippen molar-refractivity contribution in [1.29, 1.82) is 0 Å². The Morgan fingerprint density at radius 3 is 2.79 bits per heavy atom. The highest BCUT2D eigenvalue weighted by Gasteiger charge is 2.18. The third-order valence-electron chi connectivity index (χ3n) is 2.74. The first-order chi connectivity index (χ1) is 9.11. The number of benzene rings is 1. The Bertz CT molecular complexity index is 593. The predicted octanol–water partition coefficient (Wildman–Crippen LogP) is 2.64. The van der Waals surface area contributed by atoms with Gasteiger partial charge in [0.1, 0.15) is 12.0 Å². The molecule has 0 N–H and O–H groups in total. The van der Waals surface area contributed by atoms with Crippen LogP contribution in [0, 0.1) is 10.1 Å². The van der Waals surface area contributed by atoms with Crippen LogP contribution < -0.4 is 4.90 Å². The van der Waals surface area contributed by atoms with Crippen LogP contribution in [0.1, 0.15) is 15.9 Å². The number of hydrogen-bond acceptors (Lipinski definition) is 5. The van der Waals surface area contributed by atoms with Crippen molar-refractivity contribution >= 4 is 17.7 Å². The van der Waals surface area contributed by atoms with Crippen molar-refractivity contribution in [3.8, 4) is 0 Å². The van der Waals surface area contributed by atoms with Gasteiger partial charge < -0.3 is 9.32 Å². The Kier molecular flexibility index (Phi) is 3.61. The van der Waals surface area contributed by atoms with Crippen LogP contribution in [0.2, 0.25) is 0 Å². The first-order valence-electron chi connectivity index (χ1n) is 5.57. The van der Waals surface area contributed by atoms with Gasteiger partial charge in [-0.3, -0.25) is 14.9 Å². The van der Waals surface area contributed by atoms with Crippen LogP contribution in [0.25, 0.3) is 0 Å². The van der Waals surface area contributed by atoms with Crippen LogP contribution in [0.5, 0.6) is 0 Å². The van der Waals surface area contributed by atoms with Gasteiger partial charge in [-0.1, -0.05) is 0 Å². The Labute approximate surface area is 109 Å². The summed E-state index contributed by atoms with van der Waals surface area (Å²) in [5.41, 5.74) is 1.57. The zero-order valence-electron chi connectivity index (χ0n) is 10.3. The zero-order valence-corrected chi connectivity index (χ0v) is 10.3. The molecule has 0 aliphatic carbocycles. The minimum absolute atomic E-state index is 0.0874. The van der Waals surface area contributed by atoms with E-state index in [1.165, 1.54) is 6.07 Å². The fourth-order valence-electron chi connectivity index (χ4n) is 1.82. The molecular weight excluding hydrogens is 248 g/mol. The highest BCUT2D eigenvalue weighted by atomic mass is 16.6. The maximum atomic E-state index is 11.0. The molecule has 0 bridgehead atoms. The number of nitrogens with zero attached hydrogens (tertiary/aromatic N) is 2. The molecular formula is C13H12N2O4. The van der Waals surface area contributed by atoms with E-state index in [-0.39, 0.29) is 11.3 Å². The number of anilines is 1. The molecule has 0 aliphatic rings. The fourth-order valence-corrected chi connectivity index (χ4v) is 1.82. The first-order valence-corrected chi connectivity index (χ1v) is 5.57. The molecule has 19 heavy (non-hydrogen) atoms. The molecule has 98 valence electrons. The lowest BCUT2D eigenvalue weighted by Gasteiger charge is -2.18. The standard InChI is InChI=1S/C13H12N2O4/c1-14(7-11-4-5-19-9-11)12-3-2-10(8-16)6-13(12)15(17)18/h2-6,8-9H,7H2,1H3. The van der Waals surface area contributed by atoms with Crippen LogP contribution in [-0.2, 0) is 6.54 Å². The van der Waals surface area contributed by atoms with Crippen LogP contribution >= 0.6 is 0 Å². The van der Waals surface area contributed by atoms with Crippen molar-refractivity contribution in [3.63, 3.8) is 0 Å². The maximum Gasteiger partial charge on any atom is 0.293 e. The second-order valence-corrected chi connectivity index (χ2v) is 4.11. The zero-order chi connectivity index (χ0) is 13.8. The Morgan fingerprint density at radius 2 is 2.21 bits per heavy atom. The van der Waals surface area contributed by atoms with Crippen LogP contribution in [0.4, 0.5) is 11.4 Å². The van der Waals surface area contributed by atoms with E-state index in [1.54, 1.807) is 42.7 Å². The molecule has 0 spiro atoms. The average Bonchev–Trinajstić information content (AvgIpc) is 2.90. The van der Waals surface area contributed by atoms with Gasteiger partial charge in [0.15, 0.2) is 0 Å². The summed E-state index contributed by atoms with van der Waals surface area (Å²) >= 11 is 0. The van der Waals surface area contributed by atoms with Gasteiger partial charge >= 0.3 is 0 Å². The summed E-state index contributed by atoms with van der Waals surface area (Å²) in [6, 6.07) is 6.19. The molecule has 6 heteroatoms. The quantitative estimate of drug-likeness (QED) is 0.469. The summed E-state index contributed by atoms with van der Waals surface area (Å²) in [6.45, 7) is 0.484. The average molecular weight is 260 g/mol. The summed E-state index contributed by atoms with van der Waals surface area (Å²) in [7, 11) is 1.75. The predicted molar refractivity (Wildman–Crippen MR) is 69.3 cm³/mol. The fraction of sp³-hybridized carbons (Fsp3) is 0.154. The SMILES string of the molecule is CN(Cc1ccoc1)c1ccc(C=O)cc1[N+](=O)[O-]. The van der Waals surface area contributed by atoms with Gasteiger partial charge in [0.05, 0.1) is 17.4 Å². The molecule has 0 radical (unpaired) electrons. The molecule has 1 aromatic carbocycles. The monoisotopic (exact) mass is 260 g/mol. The number of carbonyl (C=O) groups is 1. The number of nitro groups is 1. The smallest absolute Gasteiger partial charge is 0.293 e. The molecule has 0 fully saturated rings. The third kappa shape index (κ3) is 2.79. The van der Waals surface area contributed by atoms with Gasteiger partial charge in [0, 0.05) is 30.8 Å². The number of carbonyl (C=O) groups excluding carboxylic acids is 1. The lowest BCUT2D eigenvalue weighted by Crippen LogP contribution is -2.17. The van der Waals surface area contributed by atoms with E-state index in [9.17, 15) is 14.9 Å². The lowest BCUT2D eigenvalue weighted by molar-refractivity contribution is -0.384. The van der Waals surface area contributed by atoms with E-state index in [1.807, 2.05) is 0 Å². The van der Waals surface area contributed by atoms with Crippen molar-refractivity contribution in [2.24, 2.45) is 0 Å². The van der Waals surface area contributed by atoms with Crippen LogP contribution in [0.3, 0.4) is 0 Å². The molecule has 0 unspecified atom stereocenters. The molecule has 0 atom stereocenters. The molecule has 0 saturated carbocycles. The van der Waals surface area contributed by atoms with Gasteiger partial charge in [0.2, 0.25) is 0 Å². The summed E-state index contributed by atoms with van der Waals surface area (Å²) in [6.07, 6.45) is 3.72. The Balaban J connectivity index is 2.32. The van der Waals surface area contributed by atoms with Gasteiger partial charge in [-0.2, -0.15) is 0 Å². The van der Waals surface area contributed by atoms with Gasteiger partial charge in [-0.05, 0) is 18.2 Å². The summed E-state index contributed by atoms with van der Waals surface area (Å²) in [4.78, 5) is 23.0. The van der Waals surface area contributed by atoms with Gasteiger partial charge in [0.25, 0.3) is 5.69 Å². The van der Waals surface area contributed by atoms with Gasteiger partial charge in [-0.15, -0.1) is 0 Å². The first kappa shape index (κ1) is 12.8. The minimum atomic E-state index is -0.492. The van der Waals surface area contributed by atoms with Crippen molar-refractivity contribution in [1.82, 2.24) is 0 Å². The van der Waals surface area contributed by atoms with E-state index in [0.717, 1.165) is 5.56 Å². The lowest BCUT2D eigenvalue weighted by atomic mass is 10.1. The highest BCUT2D eigenvalue weighted by Crippen LogP contribution is 2.29. The van der Waals surface area contributed by atoms with Crippen molar-refractivity contribution in [3.05, 3.63) is 58.0 Å². The third-order valence-corrected chi connectivity index (χ3v) is 2.74. The number of aldehydes is 1. The van der Waals surface area contributed by atoms with Crippen LogP contribution in [-0.4, -0.2) is 18.3 Å². The number of nitro benzene ring substituents is 1. The van der Waals surface area contributed by atoms with E-state index < -0.39 is 4.92 Å². The van der Waals surface area contributed by atoms with E-state index in [0.29, 0.717) is 18.5 Å². The molecule has 0 amide bonds. The second-order valence-electron chi connectivity index (χ2n) is 4.11. The van der Waals surface area contributed by atoms with E-state index >= 15 is 0 Å². The van der Waals surface area contributed by atoms with Crippen LogP contribution in [0.15, 0.2) is 41.2 Å². The Hall–Kier alpha value is -2.63. The van der Waals surface area contributed by atoms with E-state index in [4.69, 9.17) is 4.42 Å². The summed E-state index contributed by atoms with van der Waals surface area (Å²) in [5, 5.41) is 11.0. The molecule has 0 aliphatic heterocycles. The molecule has 0 saturated heterocycles. The second kappa shape index (κ2) is 5.34. The number of furan rings is 1. The van der Waals surface area contributed by atoms with Crippen molar-refractivity contribution < 1.29 is 14.1 Å². The highest BCUT2D eigenvalue weighted by molar-refractivity contribution is 5.79. The Morgan fingerprint density at radius 1 is 1.42 bits per heavy atom. The maximum absolute atomic E-state index is 11.0. The summed E-state index contributed by atoms with van der Waals surface area (Å²) in [5.74, 6) is 0. The largest absolute Gasteiger partial charge is 0.472 e. The normalized spacial score (nSPS) is 10.2. The van der Waals surface area contributed by atoms with Crippen molar-refractivity contribution in [2.75, 3.05) is 11.9 Å². The van der Waals surface area contributed by atoms with E-state index in [2.05, 4.69) is 0 Å². The molecule has 1 heterocycles.